The lowest BCUT2D eigenvalue weighted by atomic mass is 10.1. The maximum absolute atomic E-state index is 12.4. The summed E-state index contributed by atoms with van der Waals surface area (Å²) in [5, 5.41) is 22.9. The normalized spacial score (nSPS) is 13.0. The minimum absolute atomic E-state index is 0.0224. The predicted molar refractivity (Wildman–Crippen MR) is 246 cm³/mol. The summed E-state index contributed by atoms with van der Waals surface area (Å²) in [4.78, 5) is 24.4. The molecule has 6 heteroatoms. The highest BCUT2D eigenvalue weighted by atomic mass is 16.5. The lowest BCUT2D eigenvalue weighted by Gasteiger charge is -2.19. The van der Waals surface area contributed by atoms with Crippen molar-refractivity contribution < 1.29 is 24.5 Å². The number of aliphatic hydroxyl groups is 2. The van der Waals surface area contributed by atoms with E-state index in [0.29, 0.717) is 19.4 Å². The molecule has 2 unspecified atom stereocenters. The van der Waals surface area contributed by atoms with E-state index in [0.717, 1.165) is 70.6 Å². The molecule has 0 aliphatic carbocycles. The number of aliphatic hydroxyl groups excluding tert-OH is 2. The van der Waals surface area contributed by atoms with Crippen LogP contribution in [0.1, 0.15) is 251 Å². The van der Waals surface area contributed by atoms with Gasteiger partial charge >= 0.3 is 5.97 Å². The van der Waals surface area contributed by atoms with E-state index in [1.165, 1.54) is 154 Å². The first-order valence-corrected chi connectivity index (χ1v) is 24.8. The van der Waals surface area contributed by atoms with Crippen LogP contribution in [0.5, 0.6) is 0 Å². The van der Waals surface area contributed by atoms with Crippen LogP contribution in [0.3, 0.4) is 0 Å². The Morgan fingerprint density at radius 1 is 0.474 bits per heavy atom. The number of ether oxygens (including phenoxy) is 1. The summed E-state index contributed by atoms with van der Waals surface area (Å²) in [5.74, 6) is -0.123. The summed E-state index contributed by atoms with van der Waals surface area (Å²) >= 11 is 0. The van der Waals surface area contributed by atoms with E-state index >= 15 is 0 Å². The number of hydrogen-bond donors (Lipinski definition) is 3. The molecule has 0 aromatic carbocycles. The zero-order valence-corrected chi connectivity index (χ0v) is 37.8. The zero-order valence-electron chi connectivity index (χ0n) is 37.8. The van der Waals surface area contributed by atoms with Crippen LogP contribution in [0.4, 0.5) is 0 Å². The minimum atomic E-state index is -0.860. The van der Waals surface area contributed by atoms with Crippen molar-refractivity contribution in [3.63, 3.8) is 0 Å². The van der Waals surface area contributed by atoms with E-state index < -0.39 is 12.1 Å². The number of allylic oxidation sites excluding steroid dienone is 5. The van der Waals surface area contributed by atoms with E-state index in [1.807, 2.05) is 6.08 Å². The molecule has 0 aliphatic heterocycles. The second-order valence-electron chi connectivity index (χ2n) is 16.8. The Morgan fingerprint density at radius 2 is 0.825 bits per heavy atom. The van der Waals surface area contributed by atoms with Crippen molar-refractivity contribution in [2.45, 2.75) is 264 Å². The van der Waals surface area contributed by atoms with Crippen LogP contribution in [0.25, 0.3) is 0 Å². The van der Waals surface area contributed by atoms with Gasteiger partial charge in [0.05, 0.1) is 25.4 Å². The number of esters is 1. The highest BCUT2D eigenvalue weighted by Crippen LogP contribution is 2.14. The quantitative estimate of drug-likeness (QED) is 0.0324. The van der Waals surface area contributed by atoms with Crippen molar-refractivity contribution in [1.29, 1.82) is 0 Å². The van der Waals surface area contributed by atoms with E-state index in [1.54, 1.807) is 6.08 Å². The molecule has 0 saturated carbocycles. The van der Waals surface area contributed by atoms with Crippen molar-refractivity contribution >= 4 is 11.9 Å². The molecule has 57 heavy (non-hydrogen) atoms. The molecule has 0 heterocycles. The Kier molecular flexibility index (Phi) is 45.2. The molecular formula is C51H95NO5. The lowest BCUT2D eigenvalue weighted by molar-refractivity contribution is -0.143. The highest BCUT2D eigenvalue weighted by Gasteiger charge is 2.18. The second kappa shape index (κ2) is 46.8. The minimum Gasteiger partial charge on any atom is -0.466 e. The van der Waals surface area contributed by atoms with Gasteiger partial charge in [-0.25, -0.2) is 0 Å². The Morgan fingerprint density at radius 3 is 1.26 bits per heavy atom. The van der Waals surface area contributed by atoms with Gasteiger partial charge in [-0.2, -0.15) is 0 Å². The largest absolute Gasteiger partial charge is 0.466 e. The monoisotopic (exact) mass is 802 g/mol. The average molecular weight is 802 g/mol. The first-order valence-electron chi connectivity index (χ1n) is 24.8. The van der Waals surface area contributed by atoms with E-state index in [4.69, 9.17) is 4.74 Å². The Balaban J connectivity index is 3.52. The van der Waals surface area contributed by atoms with Crippen LogP contribution in [0, 0.1) is 0 Å². The molecule has 0 aliphatic rings. The molecule has 1 amide bonds. The number of amides is 1. The van der Waals surface area contributed by atoms with Crippen LogP contribution < -0.4 is 5.32 Å². The summed E-state index contributed by atoms with van der Waals surface area (Å²) in [5.41, 5.74) is 0. The topological polar surface area (TPSA) is 95.9 Å². The first-order chi connectivity index (χ1) is 28.0. The maximum Gasteiger partial charge on any atom is 0.305 e. The second-order valence-corrected chi connectivity index (χ2v) is 16.8. The van der Waals surface area contributed by atoms with Crippen LogP contribution in [-0.4, -0.2) is 47.4 Å². The van der Waals surface area contributed by atoms with E-state index in [-0.39, 0.29) is 18.5 Å². The van der Waals surface area contributed by atoms with Gasteiger partial charge in [0.15, 0.2) is 0 Å². The summed E-state index contributed by atoms with van der Waals surface area (Å²) in [6, 6.07) is -0.647. The van der Waals surface area contributed by atoms with Crippen LogP contribution >= 0.6 is 0 Å². The third-order valence-corrected chi connectivity index (χ3v) is 11.1. The molecule has 334 valence electrons. The number of unbranched alkanes of at least 4 members (excludes halogenated alkanes) is 30. The van der Waals surface area contributed by atoms with Crippen molar-refractivity contribution in [3.05, 3.63) is 36.5 Å². The van der Waals surface area contributed by atoms with Gasteiger partial charge in [0.25, 0.3) is 0 Å². The SMILES string of the molecule is CCCCCCCCC/C=C\CCCCCCCC(=O)OCCCCCCCC/C=C\CCCCCC(=O)NC(CO)C(O)/C=C/CCCCCCCCCCC. The fourth-order valence-corrected chi connectivity index (χ4v) is 7.27. The zero-order chi connectivity index (χ0) is 41.5. The molecule has 0 aromatic heterocycles. The molecule has 0 aromatic rings. The van der Waals surface area contributed by atoms with Crippen molar-refractivity contribution in [1.82, 2.24) is 5.32 Å². The van der Waals surface area contributed by atoms with Gasteiger partial charge in [0.1, 0.15) is 0 Å². The summed E-state index contributed by atoms with van der Waals surface area (Å²) < 4.78 is 5.45. The van der Waals surface area contributed by atoms with Gasteiger partial charge in [-0.1, -0.05) is 192 Å². The molecule has 0 rings (SSSR count). The predicted octanol–water partition coefficient (Wildman–Crippen LogP) is 14.5. The lowest BCUT2D eigenvalue weighted by Crippen LogP contribution is -2.45. The van der Waals surface area contributed by atoms with Crippen LogP contribution in [-0.2, 0) is 14.3 Å². The molecular weight excluding hydrogens is 707 g/mol. The van der Waals surface area contributed by atoms with Gasteiger partial charge in [-0.3, -0.25) is 9.59 Å². The van der Waals surface area contributed by atoms with E-state index in [2.05, 4.69) is 43.5 Å². The fourth-order valence-electron chi connectivity index (χ4n) is 7.27. The third-order valence-electron chi connectivity index (χ3n) is 11.1. The van der Waals surface area contributed by atoms with Gasteiger partial charge in [0.2, 0.25) is 5.91 Å². The van der Waals surface area contributed by atoms with E-state index in [9.17, 15) is 19.8 Å². The summed E-state index contributed by atoms with van der Waals surface area (Å²) in [6.45, 7) is 4.83. The van der Waals surface area contributed by atoms with Crippen molar-refractivity contribution in [2.24, 2.45) is 0 Å². The summed E-state index contributed by atoms with van der Waals surface area (Å²) in [6.07, 6.45) is 55.7. The molecule has 0 radical (unpaired) electrons. The molecule has 3 N–H and O–H groups in total. The average Bonchev–Trinajstić information content (AvgIpc) is 3.21. The molecule has 0 spiro atoms. The van der Waals surface area contributed by atoms with Crippen molar-refractivity contribution in [3.8, 4) is 0 Å². The van der Waals surface area contributed by atoms with Gasteiger partial charge < -0.3 is 20.3 Å². The highest BCUT2D eigenvalue weighted by molar-refractivity contribution is 5.76. The standard InChI is InChI=1S/C51H95NO5/c1-3-5-7-9-11-13-15-16-17-18-21-25-29-33-37-41-45-51(56)57-46-42-38-34-30-26-22-19-20-24-28-32-36-40-44-50(55)52-48(47-53)49(54)43-39-35-31-27-23-14-12-10-8-6-4-2/h17-18,20,24,39,43,48-49,53-54H,3-16,19,21-23,25-38,40-42,44-47H2,1-2H3,(H,52,55)/b18-17-,24-20-,43-39+. The van der Waals surface area contributed by atoms with Gasteiger partial charge in [0, 0.05) is 12.8 Å². The fraction of sp³-hybridized carbons (Fsp3) is 0.843. The Labute approximate surface area is 353 Å². The molecule has 2 atom stereocenters. The van der Waals surface area contributed by atoms with Gasteiger partial charge in [-0.05, 0) is 83.5 Å². The molecule has 0 saturated heterocycles. The number of carbonyl (C=O) groups excluding carboxylic acids is 2. The smallest absolute Gasteiger partial charge is 0.305 e. The van der Waals surface area contributed by atoms with Crippen molar-refractivity contribution in [2.75, 3.05) is 13.2 Å². The molecule has 0 fully saturated rings. The Bertz CT molecular complexity index is 931. The van der Waals surface area contributed by atoms with Crippen LogP contribution in [0.15, 0.2) is 36.5 Å². The summed E-state index contributed by atoms with van der Waals surface area (Å²) in [7, 11) is 0. The molecule has 0 bridgehead atoms. The van der Waals surface area contributed by atoms with Crippen LogP contribution in [0.2, 0.25) is 0 Å². The Hall–Kier alpha value is -1.92. The number of rotatable bonds is 45. The number of hydrogen-bond acceptors (Lipinski definition) is 5. The third kappa shape index (κ3) is 43.5. The van der Waals surface area contributed by atoms with Gasteiger partial charge in [-0.15, -0.1) is 0 Å². The first kappa shape index (κ1) is 55.1. The number of nitrogens with one attached hydrogen (secondary N) is 1. The maximum atomic E-state index is 12.4. The molecule has 6 nitrogen and oxygen atoms in total. The number of carbonyl (C=O) groups is 2.